The fourth-order valence-electron chi connectivity index (χ4n) is 3.63. The quantitative estimate of drug-likeness (QED) is 0.737. The van der Waals surface area contributed by atoms with Gasteiger partial charge in [0.05, 0.1) is 17.0 Å². The zero-order valence-electron chi connectivity index (χ0n) is 15.1. The summed E-state index contributed by atoms with van der Waals surface area (Å²) in [4.78, 5) is 8.45. The Balaban J connectivity index is 1.79. The topological polar surface area (TPSA) is 73.9 Å². The fourth-order valence-corrected chi connectivity index (χ4v) is 4.77. The number of hydrogen-bond donors (Lipinski definition) is 2. The molecule has 0 spiro atoms. The monoisotopic (exact) mass is 372 g/mol. The van der Waals surface area contributed by atoms with Gasteiger partial charge in [0, 0.05) is 19.5 Å². The molecule has 3 aromatic rings. The van der Waals surface area contributed by atoms with E-state index in [4.69, 9.17) is 0 Å². The Morgan fingerprint density at radius 1 is 1.31 bits per heavy atom. The molecule has 6 nitrogen and oxygen atoms in total. The molecule has 0 saturated carbocycles. The second-order valence-electron chi connectivity index (χ2n) is 6.95. The molecule has 7 heteroatoms. The van der Waals surface area contributed by atoms with Gasteiger partial charge in [0.25, 0.3) is 0 Å². The number of piperidine rings is 1. The molecular weight excluding hydrogens is 348 g/mol. The smallest absolute Gasteiger partial charge is 0.230 e. The molecule has 1 aliphatic rings. The summed E-state index contributed by atoms with van der Waals surface area (Å²) in [5.74, 6) is 0.918. The van der Waals surface area contributed by atoms with Gasteiger partial charge in [0.15, 0.2) is 5.82 Å². The van der Waals surface area contributed by atoms with Gasteiger partial charge < -0.3 is 10.2 Å². The second kappa shape index (κ2) is 6.98. The lowest BCUT2D eigenvalue weighted by Gasteiger charge is -2.36. The Kier molecular flexibility index (Phi) is 4.69. The molecule has 1 fully saturated rings. The van der Waals surface area contributed by atoms with Crippen molar-refractivity contribution in [3.8, 4) is 5.88 Å². The van der Waals surface area contributed by atoms with Crippen LogP contribution in [0, 0.1) is 6.92 Å². The number of aryl methyl sites for hydroxylation is 2. The van der Waals surface area contributed by atoms with E-state index in [0.717, 1.165) is 53.6 Å². The number of likely N-dealkylation sites (tertiary alicyclic amines) is 1. The van der Waals surface area contributed by atoms with Gasteiger partial charge in [-0.25, -0.2) is 4.98 Å². The van der Waals surface area contributed by atoms with Crippen molar-refractivity contribution in [3.63, 3.8) is 0 Å². The van der Waals surface area contributed by atoms with E-state index >= 15 is 0 Å². The molecular formula is C19H24N4O2S. The molecule has 1 saturated heterocycles. The normalized spacial score (nSPS) is 17.8. The highest BCUT2D eigenvalue weighted by Gasteiger charge is 2.31. The lowest BCUT2D eigenvalue weighted by Crippen LogP contribution is -2.38. The molecule has 138 valence electrons. The minimum atomic E-state index is -0.229. The summed E-state index contributed by atoms with van der Waals surface area (Å²) >= 11 is 1.50. The van der Waals surface area contributed by atoms with Crippen LogP contribution in [0.2, 0.25) is 0 Å². The lowest BCUT2D eigenvalue weighted by atomic mass is 9.98. The number of benzene rings is 1. The van der Waals surface area contributed by atoms with Crippen molar-refractivity contribution >= 4 is 16.3 Å². The molecule has 1 aromatic carbocycles. The highest BCUT2D eigenvalue weighted by molar-refractivity contribution is 7.17. The van der Waals surface area contributed by atoms with Crippen LogP contribution in [0.15, 0.2) is 24.3 Å². The third-order valence-electron chi connectivity index (χ3n) is 5.03. The SMILES string of the molecule is CCc1nc2sc([C@@H](c3cccc(C)c3)N3CCC(O)CC3)c(O)n2n1. The second-order valence-corrected chi connectivity index (χ2v) is 7.96. The molecule has 0 amide bonds. The number of fused-ring (bicyclic) bond motifs is 1. The minimum Gasteiger partial charge on any atom is -0.492 e. The van der Waals surface area contributed by atoms with Gasteiger partial charge >= 0.3 is 0 Å². The summed E-state index contributed by atoms with van der Waals surface area (Å²) in [6, 6.07) is 8.36. The number of aromatic hydroxyl groups is 1. The van der Waals surface area contributed by atoms with Crippen molar-refractivity contribution in [2.24, 2.45) is 0 Å². The number of aliphatic hydroxyl groups excluding tert-OH is 1. The summed E-state index contributed by atoms with van der Waals surface area (Å²) in [5.41, 5.74) is 2.34. The summed E-state index contributed by atoms with van der Waals surface area (Å²) in [5, 5.41) is 25.2. The third-order valence-corrected chi connectivity index (χ3v) is 6.10. The standard InChI is InChI=1S/C19H24N4O2S/c1-3-15-20-19-23(21-15)18(25)17(26-19)16(13-6-4-5-12(2)11-13)22-9-7-14(24)8-10-22/h4-6,11,14,16,24-25H,3,7-10H2,1-2H3/t16-/m1/s1. The Morgan fingerprint density at radius 3 is 2.73 bits per heavy atom. The van der Waals surface area contributed by atoms with Crippen LogP contribution in [-0.4, -0.2) is 48.9 Å². The third kappa shape index (κ3) is 3.11. The number of aromatic nitrogens is 3. The minimum absolute atomic E-state index is 0.0547. The molecule has 26 heavy (non-hydrogen) atoms. The molecule has 4 rings (SSSR count). The van der Waals surface area contributed by atoms with Crippen LogP contribution in [-0.2, 0) is 6.42 Å². The van der Waals surface area contributed by atoms with Gasteiger partial charge in [-0.15, -0.1) is 5.10 Å². The van der Waals surface area contributed by atoms with Gasteiger partial charge in [-0.1, -0.05) is 48.1 Å². The first-order valence-electron chi connectivity index (χ1n) is 9.12. The Hall–Kier alpha value is -1.96. The summed E-state index contributed by atoms with van der Waals surface area (Å²) < 4.78 is 1.56. The van der Waals surface area contributed by atoms with Crippen molar-refractivity contribution in [1.82, 2.24) is 19.5 Å². The maximum absolute atomic E-state index is 10.9. The van der Waals surface area contributed by atoms with E-state index in [9.17, 15) is 10.2 Å². The first-order valence-corrected chi connectivity index (χ1v) is 9.94. The average molecular weight is 372 g/mol. The van der Waals surface area contributed by atoms with Crippen molar-refractivity contribution in [2.45, 2.75) is 45.3 Å². The van der Waals surface area contributed by atoms with Gasteiger partial charge in [-0.3, -0.25) is 4.90 Å². The van der Waals surface area contributed by atoms with Crippen LogP contribution in [0.25, 0.3) is 4.96 Å². The van der Waals surface area contributed by atoms with E-state index in [1.54, 1.807) is 4.52 Å². The van der Waals surface area contributed by atoms with Gasteiger partial charge in [0.1, 0.15) is 0 Å². The van der Waals surface area contributed by atoms with Crippen molar-refractivity contribution in [2.75, 3.05) is 13.1 Å². The Bertz CT molecular complexity index is 912. The van der Waals surface area contributed by atoms with Crippen molar-refractivity contribution in [1.29, 1.82) is 0 Å². The molecule has 2 aromatic heterocycles. The van der Waals surface area contributed by atoms with Crippen LogP contribution >= 0.6 is 11.3 Å². The summed E-state index contributed by atoms with van der Waals surface area (Å²) in [6.45, 7) is 5.68. The van der Waals surface area contributed by atoms with E-state index in [2.05, 4.69) is 46.2 Å². The molecule has 0 unspecified atom stereocenters. The number of thiazole rings is 1. The number of rotatable bonds is 4. The Morgan fingerprint density at radius 2 is 2.08 bits per heavy atom. The van der Waals surface area contributed by atoms with Crippen molar-refractivity contribution < 1.29 is 10.2 Å². The first kappa shape index (κ1) is 17.5. The molecule has 2 N–H and O–H groups in total. The zero-order chi connectivity index (χ0) is 18.3. The summed E-state index contributed by atoms with van der Waals surface area (Å²) in [6.07, 6.45) is 2.02. The molecule has 0 aliphatic carbocycles. The highest BCUT2D eigenvalue weighted by Crippen LogP contribution is 2.41. The Labute approximate surface area is 156 Å². The van der Waals surface area contributed by atoms with Crippen LogP contribution in [0.5, 0.6) is 5.88 Å². The fraction of sp³-hybridized carbons (Fsp3) is 0.474. The molecule has 0 bridgehead atoms. The number of nitrogens with zero attached hydrogens (tertiary/aromatic N) is 4. The van der Waals surface area contributed by atoms with E-state index < -0.39 is 0 Å². The maximum atomic E-state index is 10.9. The predicted octanol–water partition coefficient (Wildman–Crippen LogP) is 2.91. The number of aliphatic hydroxyl groups is 1. The van der Waals surface area contributed by atoms with E-state index in [1.807, 2.05) is 6.92 Å². The van der Waals surface area contributed by atoms with Crippen LogP contribution < -0.4 is 0 Å². The highest BCUT2D eigenvalue weighted by atomic mass is 32.1. The molecule has 1 aliphatic heterocycles. The summed E-state index contributed by atoms with van der Waals surface area (Å²) in [7, 11) is 0. The number of hydrogen-bond acceptors (Lipinski definition) is 6. The van der Waals surface area contributed by atoms with E-state index in [0.29, 0.717) is 0 Å². The predicted molar refractivity (Wildman–Crippen MR) is 102 cm³/mol. The van der Waals surface area contributed by atoms with Crippen LogP contribution in [0.4, 0.5) is 0 Å². The first-order chi connectivity index (χ1) is 12.6. The van der Waals surface area contributed by atoms with Crippen molar-refractivity contribution in [3.05, 3.63) is 46.1 Å². The molecule has 1 atom stereocenters. The van der Waals surface area contributed by atoms with Gasteiger partial charge in [-0.2, -0.15) is 4.52 Å². The maximum Gasteiger partial charge on any atom is 0.230 e. The van der Waals surface area contributed by atoms with E-state index in [1.165, 1.54) is 16.9 Å². The van der Waals surface area contributed by atoms with Crippen LogP contribution in [0.1, 0.15) is 47.6 Å². The van der Waals surface area contributed by atoms with Gasteiger partial charge in [-0.05, 0) is 25.3 Å². The molecule has 3 heterocycles. The molecule has 0 radical (unpaired) electrons. The van der Waals surface area contributed by atoms with E-state index in [-0.39, 0.29) is 18.0 Å². The average Bonchev–Trinajstić information content (AvgIpc) is 3.17. The van der Waals surface area contributed by atoms with Crippen LogP contribution in [0.3, 0.4) is 0 Å². The van der Waals surface area contributed by atoms with Gasteiger partial charge in [0.2, 0.25) is 10.8 Å². The largest absolute Gasteiger partial charge is 0.492 e. The lowest BCUT2D eigenvalue weighted by molar-refractivity contribution is 0.0689. The zero-order valence-corrected chi connectivity index (χ0v) is 15.9.